The summed E-state index contributed by atoms with van der Waals surface area (Å²) in [5.41, 5.74) is 1.55. The summed E-state index contributed by atoms with van der Waals surface area (Å²) in [6.45, 7) is 7.64. The summed E-state index contributed by atoms with van der Waals surface area (Å²) in [6, 6.07) is 7.64. The molecule has 1 aliphatic heterocycles. The maximum Gasteiger partial charge on any atom is 0.329 e. The molecule has 0 N–H and O–H groups in total. The summed E-state index contributed by atoms with van der Waals surface area (Å²) in [6.07, 6.45) is 0.0313. The Hall–Kier alpha value is -2.08. The number of carbonyl (C=O) groups is 1. The van der Waals surface area contributed by atoms with Gasteiger partial charge >= 0.3 is 5.69 Å². The number of nitrogens with zero attached hydrogens (tertiary/aromatic N) is 3. The predicted octanol–water partition coefficient (Wildman–Crippen LogP) is 1.46. The van der Waals surface area contributed by atoms with E-state index in [0.717, 1.165) is 11.0 Å². The van der Waals surface area contributed by atoms with Crippen molar-refractivity contribution in [3.8, 4) is 0 Å². The average molecular weight is 317 g/mol. The highest BCUT2D eigenvalue weighted by Crippen LogP contribution is 2.15. The Bertz CT molecular complexity index is 777. The Morgan fingerprint density at radius 1 is 1.22 bits per heavy atom. The van der Waals surface area contributed by atoms with Crippen LogP contribution in [0, 0.1) is 0 Å². The van der Waals surface area contributed by atoms with Crippen LogP contribution in [0.15, 0.2) is 29.1 Å². The number of hydrogen-bond donors (Lipinski definition) is 0. The van der Waals surface area contributed by atoms with E-state index in [1.165, 1.54) is 0 Å². The lowest BCUT2D eigenvalue weighted by Crippen LogP contribution is -2.51. The molecule has 1 aliphatic rings. The van der Waals surface area contributed by atoms with Gasteiger partial charge < -0.3 is 9.64 Å². The van der Waals surface area contributed by atoms with Gasteiger partial charge in [-0.2, -0.15) is 0 Å². The Kier molecular flexibility index (Phi) is 4.26. The number of hydrogen-bond acceptors (Lipinski definition) is 3. The van der Waals surface area contributed by atoms with E-state index < -0.39 is 0 Å². The summed E-state index contributed by atoms with van der Waals surface area (Å²) in [5, 5.41) is 0. The molecule has 23 heavy (non-hydrogen) atoms. The smallest absolute Gasteiger partial charge is 0.329 e. The fourth-order valence-electron chi connectivity index (χ4n) is 3.21. The Morgan fingerprint density at radius 2 is 1.87 bits per heavy atom. The van der Waals surface area contributed by atoms with Gasteiger partial charge in [0.1, 0.15) is 6.54 Å². The lowest BCUT2D eigenvalue weighted by molar-refractivity contribution is -0.143. The Balaban J connectivity index is 1.94. The highest BCUT2D eigenvalue weighted by molar-refractivity contribution is 5.81. The number of imidazole rings is 1. The Morgan fingerprint density at radius 3 is 2.52 bits per heavy atom. The summed E-state index contributed by atoms with van der Waals surface area (Å²) in [7, 11) is 0. The normalized spacial score (nSPS) is 21.8. The van der Waals surface area contributed by atoms with E-state index in [1.54, 1.807) is 9.13 Å². The maximum absolute atomic E-state index is 12.7. The third-order valence-corrected chi connectivity index (χ3v) is 4.46. The quantitative estimate of drug-likeness (QED) is 0.861. The van der Waals surface area contributed by atoms with Crippen molar-refractivity contribution in [2.75, 3.05) is 13.2 Å². The zero-order chi connectivity index (χ0) is 16.6. The van der Waals surface area contributed by atoms with Crippen LogP contribution in [-0.4, -0.2) is 45.2 Å². The minimum absolute atomic E-state index is 0.0313. The van der Waals surface area contributed by atoms with E-state index in [2.05, 4.69) is 0 Å². The van der Waals surface area contributed by atoms with Crippen LogP contribution in [0.1, 0.15) is 20.8 Å². The third-order valence-electron chi connectivity index (χ3n) is 4.46. The van der Waals surface area contributed by atoms with Gasteiger partial charge in [-0.05, 0) is 32.9 Å². The van der Waals surface area contributed by atoms with Crippen LogP contribution in [0.5, 0.6) is 0 Å². The second kappa shape index (κ2) is 6.20. The van der Waals surface area contributed by atoms with E-state index in [1.807, 2.05) is 49.9 Å². The van der Waals surface area contributed by atoms with Gasteiger partial charge in [0.25, 0.3) is 0 Å². The molecule has 1 amide bonds. The molecule has 124 valence electrons. The van der Waals surface area contributed by atoms with Crippen LogP contribution in [0.3, 0.4) is 0 Å². The summed E-state index contributed by atoms with van der Waals surface area (Å²) >= 11 is 0. The number of para-hydroxylation sites is 2. The van der Waals surface area contributed by atoms with Crippen molar-refractivity contribution >= 4 is 16.9 Å². The van der Waals surface area contributed by atoms with Gasteiger partial charge in [0.2, 0.25) is 5.91 Å². The van der Waals surface area contributed by atoms with Crippen molar-refractivity contribution in [1.29, 1.82) is 0 Å². The first kappa shape index (κ1) is 15.8. The van der Waals surface area contributed by atoms with Crippen molar-refractivity contribution in [3.63, 3.8) is 0 Å². The number of morpholine rings is 1. The first-order valence-electron chi connectivity index (χ1n) is 8.12. The largest absolute Gasteiger partial charge is 0.375 e. The molecular formula is C17H23N3O3. The molecule has 1 aromatic heterocycles. The predicted molar refractivity (Wildman–Crippen MR) is 88.5 cm³/mol. The molecule has 0 radical (unpaired) electrons. The number of aryl methyl sites for hydroxylation is 1. The number of amides is 1. The Labute approximate surface area is 135 Å². The molecule has 3 rings (SSSR count). The van der Waals surface area contributed by atoms with Crippen LogP contribution in [0.4, 0.5) is 0 Å². The lowest BCUT2D eigenvalue weighted by atomic mass is 10.2. The fourth-order valence-corrected chi connectivity index (χ4v) is 3.21. The van der Waals surface area contributed by atoms with Crippen molar-refractivity contribution in [3.05, 3.63) is 34.7 Å². The van der Waals surface area contributed by atoms with Crippen molar-refractivity contribution < 1.29 is 9.53 Å². The molecule has 2 aromatic rings. The van der Waals surface area contributed by atoms with Gasteiger partial charge in [0, 0.05) is 13.1 Å². The second-order valence-corrected chi connectivity index (χ2v) is 6.14. The first-order valence-corrected chi connectivity index (χ1v) is 8.12. The van der Waals surface area contributed by atoms with E-state index in [-0.39, 0.29) is 30.3 Å². The van der Waals surface area contributed by atoms with Gasteiger partial charge in [-0.1, -0.05) is 12.1 Å². The molecule has 0 aliphatic carbocycles. The zero-order valence-corrected chi connectivity index (χ0v) is 13.9. The van der Waals surface area contributed by atoms with Crippen molar-refractivity contribution in [2.45, 2.75) is 46.0 Å². The van der Waals surface area contributed by atoms with Crippen LogP contribution in [-0.2, 0) is 22.6 Å². The third kappa shape index (κ3) is 2.79. The molecule has 1 saturated heterocycles. The van der Waals surface area contributed by atoms with Gasteiger partial charge in [-0.25, -0.2) is 4.79 Å². The number of ether oxygens (including phenoxy) is 1. The number of aromatic nitrogens is 2. The number of fused-ring (bicyclic) bond motifs is 1. The molecule has 6 nitrogen and oxygen atoms in total. The molecule has 0 spiro atoms. The van der Waals surface area contributed by atoms with Gasteiger partial charge in [0.05, 0.1) is 29.8 Å². The van der Waals surface area contributed by atoms with E-state index in [9.17, 15) is 9.59 Å². The van der Waals surface area contributed by atoms with E-state index in [4.69, 9.17) is 4.74 Å². The molecule has 1 aromatic carbocycles. The highest BCUT2D eigenvalue weighted by Gasteiger charge is 2.28. The van der Waals surface area contributed by atoms with Crippen LogP contribution < -0.4 is 5.69 Å². The number of rotatable bonds is 3. The maximum atomic E-state index is 12.7. The SMILES string of the molecule is CCn1c(=O)n(CC(=O)N2CC(C)OCC2C)c2ccccc21. The fraction of sp³-hybridized carbons (Fsp3) is 0.529. The van der Waals surface area contributed by atoms with Gasteiger partial charge in [-0.15, -0.1) is 0 Å². The minimum atomic E-state index is -0.129. The lowest BCUT2D eigenvalue weighted by Gasteiger charge is -2.36. The molecule has 0 saturated carbocycles. The first-order chi connectivity index (χ1) is 11.0. The summed E-state index contributed by atoms with van der Waals surface area (Å²) < 4.78 is 8.85. The monoisotopic (exact) mass is 317 g/mol. The topological polar surface area (TPSA) is 56.5 Å². The standard InChI is InChI=1S/C17H23N3O3/c1-4-18-14-7-5-6-8-15(14)20(17(18)22)10-16(21)19-9-13(3)23-11-12(19)2/h5-8,12-13H,4,9-11H2,1-3H3. The average Bonchev–Trinajstić information content (AvgIpc) is 2.81. The molecule has 1 fully saturated rings. The van der Waals surface area contributed by atoms with Crippen LogP contribution >= 0.6 is 0 Å². The van der Waals surface area contributed by atoms with Gasteiger partial charge in [0.15, 0.2) is 0 Å². The number of benzene rings is 1. The van der Waals surface area contributed by atoms with Crippen molar-refractivity contribution in [2.24, 2.45) is 0 Å². The second-order valence-electron chi connectivity index (χ2n) is 6.14. The molecule has 2 heterocycles. The molecule has 2 unspecified atom stereocenters. The van der Waals surface area contributed by atoms with Crippen molar-refractivity contribution in [1.82, 2.24) is 14.0 Å². The van der Waals surface area contributed by atoms with Gasteiger partial charge in [-0.3, -0.25) is 13.9 Å². The summed E-state index contributed by atoms with van der Waals surface area (Å²) in [4.78, 5) is 27.2. The molecule has 2 atom stereocenters. The molecular weight excluding hydrogens is 294 g/mol. The van der Waals surface area contributed by atoms with Crippen LogP contribution in [0.25, 0.3) is 11.0 Å². The highest BCUT2D eigenvalue weighted by atomic mass is 16.5. The molecule has 0 bridgehead atoms. The zero-order valence-electron chi connectivity index (χ0n) is 13.9. The minimum Gasteiger partial charge on any atom is -0.375 e. The van der Waals surface area contributed by atoms with E-state index in [0.29, 0.717) is 19.7 Å². The molecule has 6 heteroatoms. The van der Waals surface area contributed by atoms with Crippen LogP contribution in [0.2, 0.25) is 0 Å². The van der Waals surface area contributed by atoms with E-state index >= 15 is 0 Å². The summed E-state index contributed by atoms with van der Waals surface area (Å²) in [5.74, 6) is -0.0336. The number of carbonyl (C=O) groups excluding carboxylic acids is 1.